The first-order valence-electron chi connectivity index (χ1n) is 3.37. The van der Waals surface area contributed by atoms with Gasteiger partial charge in [-0.1, -0.05) is 5.21 Å². The van der Waals surface area contributed by atoms with Crippen molar-refractivity contribution >= 4 is 23.0 Å². The molecule has 0 bridgehead atoms. The van der Waals surface area contributed by atoms with Crippen LogP contribution in [0.3, 0.4) is 0 Å². The largest absolute Gasteiger partial charge is 0.398 e. The average molecular weight is 162 g/mol. The molecule has 12 heavy (non-hydrogen) atoms. The van der Waals surface area contributed by atoms with Crippen LogP contribution in [-0.4, -0.2) is 21.7 Å². The lowest BCUT2D eigenvalue weighted by Crippen LogP contribution is -1.93. The molecule has 0 radical (unpaired) electrons. The van der Waals surface area contributed by atoms with Crippen molar-refractivity contribution in [2.75, 3.05) is 5.73 Å². The van der Waals surface area contributed by atoms with Crippen LogP contribution in [0.4, 0.5) is 5.69 Å². The van der Waals surface area contributed by atoms with Crippen molar-refractivity contribution in [1.82, 2.24) is 15.4 Å². The Morgan fingerprint density at radius 3 is 3.08 bits per heavy atom. The lowest BCUT2D eigenvalue weighted by Gasteiger charge is -1.96. The maximum Gasteiger partial charge on any atom is 0.154 e. The molecular formula is C7H6N4O. The maximum absolute atomic E-state index is 10.6. The van der Waals surface area contributed by atoms with Gasteiger partial charge in [-0.25, -0.2) is 0 Å². The second-order valence-corrected chi connectivity index (χ2v) is 2.39. The Bertz CT molecular complexity index is 434. The molecule has 1 aromatic carbocycles. The highest BCUT2D eigenvalue weighted by molar-refractivity contribution is 5.99. The number of carbonyl (C=O) groups excluding carboxylic acids is 1. The number of benzene rings is 1. The monoisotopic (exact) mass is 162 g/mol. The van der Waals surface area contributed by atoms with Crippen LogP contribution < -0.4 is 5.73 Å². The van der Waals surface area contributed by atoms with Gasteiger partial charge in [0.15, 0.2) is 6.29 Å². The fraction of sp³-hybridized carbons (Fsp3) is 0. The summed E-state index contributed by atoms with van der Waals surface area (Å²) in [5.74, 6) is 0. The Morgan fingerprint density at radius 1 is 1.50 bits per heavy atom. The average Bonchev–Trinajstić information content (AvgIpc) is 2.52. The third-order valence-electron chi connectivity index (χ3n) is 1.69. The number of aromatic amines is 1. The van der Waals surface area contributed by atoms with Gasteiger partial charge in [-0.15, -0.1) is 5.10 Å². The Labute approximate surface area is 67.6 Å². The number of aromatic nitrogens is 3. The van der Waals surface area contributed by atoms with Crippen LogP contribution >= 0.6 is 0 Å². The highest BCUT2D eigenvalue weighted by Gasteiger charge is 2.06. The summed E-state index contributed by atoms with van der Waals surface area (Å²) < 4.78 is 0. The van der Waals surface area contributed by atoms with E-state index in [4.69, 9.17) is 5.73 Å². The predicted octanol–water partition coefficient (Wildman–Crippen LogP) is 0.353. The summed E-state index contributed by atoms with van der Waals surface area (Å²) in [4.78, 5) is 10.6. The van der Waals surface area contributed by atoms with Crippen molar-refractivity contribution in [3.8, 4) is 0 Å². The molecule has 0 saturated heterocycles. The van der Waals surface area contributed by atoms with Crippen LogP contribution in [0.15, 0.2) is 12.1 Å². The number of anilines is 1. The molecule has 60 valence electrons. The van der Waals surface area contributed by atoms with Crippen molar-refractivity contribution in [3.05, 3.63) is 17.7 Å². The molecule has 0 amide bonds. The van der Waals surface area contributed by atoms with Crippen molar-refractivity contribution in [3.63, 3.8) is 0 Å². The van der Waals surface area contributed by atoms with E-state index >= 15 is 0 Å². The zero-order valence-corrected chi connectivity index (χ0v) is 6.11. The van der Waals surface area contributed by atoms with Crippen molar-refractivity contribution in [1.29, 1.82) is 0 Å². The zero-order chi connectivity index (χ0) is 8.55. The third kappa shape index (κ3) is 0.763. The number of hydrogen-bond acceptors (Lipinski definition) is 4. The molecule has 3 N–H and O–H groups in total. The first-order valence-corrected chi connectivity index (χ1v) is 3.37. The quantitative estimate of drug-likeness (QED) is 0.468. The molecule has 0 aliphatic rings. The van der Waals surface area contributed by atoms with Gasteiger partial charge in [-0.3, -0.25) is 9.89 Å². The number of nitrogens with one attached hydrogen (secondary N) is 1. The van der Waals surface area contributed by atoms with Crippen LogP contribution in [0.5, 0.6) is 0 Å². The fourth-order valence-electron chi connectivity index (χ4n) is 1.07. The molecule has 1 aromatic heterocycles. The van der Waals surface area contributed by atoms with Crippen LogP contribution in [0.2, 0.25) is 0 Å². The van der Waals surface area contributed by atoms with E-state index in [1.54, 1.807) is 12.1 Å². The Morgan fingerprint density at radius 2 is 2.33 bits per heavy atom. The number of fused-ring (bicyclic) bond motifs is 1. The molecule has 2 rings (SSSR count). The molecule has 2 aromatic rings. The molecule has 5 heteroatoms. The van der Waals surface area contributed by atoms with E-state index in [2.05, 4.69) is 15.4 Å². The van der Waals surface area contributed by atoms with Gasteiger partial charge in [0.05, 0.1) is 11.1 Å². The number of nitrogens with zero attached hydrogens (tertiary/aromatic N) is 2. The standard InChI is InChI=1S/C7H6N4O/c8-5-1-2-6-7(4(5)3-12)10-11-9-6/h1-3H,8H2,(H,9,10,11). The number of H-pyrrole nitrogens is 1. The Hall–Kier alpha value is -1.91. The highest BCUT2D eigenvalue weighted by atomic mass is 16.1. The molecule has 0 saturated carbocycles. The molecule has 0 atom stereocenters. The summed E-state index contributed by atoms with van der Waals surface area (Å²) in [5, 5.41) is 9.94. The normalized spacial score (nSPS) is 10.3. The molecule has 0 spiro atoms. The first kappa shape index (κ1) is 6.78. The van der Waals surface area contributed by atoms with Gasteiger partial charge in [0, 0.05) is 5.69 Å². The number of hydrogen-bond donors (Lipinski definition) is 2. The molecule has 1 heterocycles. The molecule has 0 fully saturated rings. The van der Waals surface area contributed by atoms with Gasteiger partial charge < -0.3 is 5.73 Å². The summed E-state index contributed by atoms with van der Waals surface area (Å²) in [6.45, 7) is 0. The summed E-state index contributed by atoms with van der Waals surface area (Å²) in [5.41, 5.74) is 7.59. The SMILES string of the molecule is Nc1ccc2[nH]nnc2c1C=O. The predicted molar refractivity (Wildman–Crippen MR) is 43.7 cm³/mol. The summed E-state index contributed by atoms with van der Waals surface area (Å²) >= 11 is 0. The van der Waals surface area contributed by atoms with Gasteiger partial charge >= 0.3 is 0 Å². The minimum atomic E-state index is 0.390. The summed E-state index contributed by atoms with van der Waals surface area (Å²) in [6, 6.07) is 3.38. The van der Waals surface area contributed by atoms with Gasteiger partial charge in [-0.05, 0) is 12.1 Å². The van der Waals surface area contributed by atoms with Crippen molar-refractivity contribution < 1.29 is 4.79 Å². The Balaban J connectivity index is 2.91. The highest BCUT2D eigenvalue weighted by Crippen LogP contribution is 2.18. The molecular weight excluding hydrogens is 156 g/mol. The van der Waals surface area contributed by atoms with Gasteiger partial charge in [0.2, 0.25) is 0 Å². The second-order valence-electron chi connectivity index (χ2n) is 2.39. The number of nitrogens with two attached hydrogens (primary N) is 1. The van der Waals surface area contributed by atoms with Crippen LogP contribution in [0.25, 0.3) is 11.0 Å². The van der Waals surface area contributed by atoms with E-state index in [1.807, 2.05) is 0 Å². The summed E-state index contributed by atoms with van der Waals surface area (Å²) in [6.07, 6.45) is 0.681. The third-order valence-corrected chi connectivity index (χ3v) is 1.69. The number of nitrogen functional groups attached to an aromatic ring is 1. The van der Waals surface area contributed by atoms with Crippen LogP contribution in [-0.2, 0) is 0 Å². The lowest BCUT2D eigenvalue weighted by molar-refractivity contribution is 0.112. The van der Waals surface area contributed by atoms with Gasteiger partial charge in [0.25, 0.3) is 0 Å². The molecule has 0 unspecified atom stereocenters. The van der Waals surface area contributed by atoms with E-state index in [0.29, 0.717) is 28.6 Å². The lowest BCUT2D eigenvalue weighted by atomic mass is 10.1. The van der Waals surface area contributed by atoms with Gasteiger partial charge in [0.1, 0.15) is 5.52 Å². The molecule has 0 aliphatic carbocycles. The van der Waals surface area contributed by atoms with E-state index in [-0.39, 0.29) is 0 Å². The van der Waals surface area contributed by atoms with E-state index in [1.165, 1.54) is 0 Å². The zero-order valence-electron chi connectivity index (χ0n) is 6.11. The van der Waals surface area contributed by atoms with Crippen molar-refractivity contribution in [2.45, 2.75) is 0 Å². The van der Waals surface area contributed by atoms with Crippen molar-refractivity contribution in [2.24, 2.45) is 0 Å². The van der Waals surface area contributed by atoms with Gasteiger partial charge in [-0.2, -0.15) is 0 Å². The minimum Gasteiger partial charge on any atom is -0.398 e. The number of aldehydes is 1. The van der Waals surface area contributed by atoms with E-state index in [0.717, 1.165) is 0 Å². The molecule has 0 aliphatic heterocycles. The maximum atomic E-state index is 10.6. The first-order chi connectivity index (χ1) is 5.83. The van der Waals surface area contributed by atoms with E-state index < -0.39 is 0 Å². The Kier molecular flexibility index (Phi) is 1.30. The number of carbonyl (C=O) groups is 1. The smallest absolute Gasteiger partial charge is 0.154 e. The minimum absolute atomic E-state index is 0.390. The van der Waals surface area contributed by atoms with Crippen LogP contribution in [0, 0.1) is 0 Å². The van der Waals surface area contributed by atoms with E-state index in [9.17, 15) is 4.79 Å². The molecule has 5 nitrogen and oxygen atoms in total. The topological polar surface area (TPSA) is 84.7 Å². The van der Waals surface area contributed by atoms with Crippen LogP contribution in [0.1, 0.15) is 10.4 Å². The second kappa shape index (κ2) is 2.30. The summed E-state index contributed by atoms with van der Waals surface area (Å²) in [7, 11) is 0. The fourth-order valence-corrected chi connectivity index (χ4v) is 1.07. The number of rotatable bonds is 1.